The third kappa shape index (κ3) is 5.12. The fourth-order valence-electron chi connectivity index (χ4n) is 2.63. The van der Waals surface area contributed by atoms with Crippen LogP contribution in [0.2, 0.25) is 0 Å². The van der Waals surface area contributed by atoms with Crippen molar-refractivity contribution in [3.63, 3.8) is 0 Å². The lowest BCUT2D eigenvalue weighted by molar-refractivity contribution is 0.0781. The Hall–Kier alpha value is -1.83. The lowest BCUT2D eigenvalue weighted by atomic mass is 10.1. The summed E-state index contributed by atoms with van der Waals surface area (Å²) >= 11 is 6.69. The number of carbonyl (C=O) groups is 1. The van der Waals surface area contributed by atoms with E-state index in [0.29, 0.717) is 12.1 Å². The van der Waals surface area contributed by atoms with Crippen molar-refractivity contribution in [3.05, 3.63) is 74.6 Å². The Labute approximate surface area is 175 Å². The Morgan fingerprint density at radius 1 is 1.30 bits per heavy atom. The molecule has 4 nitrogen and oxygen atoms in total. The summed E-state index contributed by atoms with van der Waals surface area (Å²) < 4.78 is 6.38. The number of hydrogen-bond donors (Lipinski definition) is 0. The molecule has 3 aromatic rings. The molecule has 0 aliphatic carbocycles. The van der Waals surface area contributed by atoms with E-state index < -0.39 is 0 Å². The smallest absolute Gasteiger partial charge is 0.255 e. The van der Waals surface area contributed by atoms with Gasteiger partial charge in [-0.3, -0.25) is 4.79 Å². The molecule has 0 atom stereocenters. The summed E-state index contributed by atoms with van der Waals surface area (Å²) in [5.74, 6) is 1.50. The Kier molecular flexibility index (Phi) is 6.93. The van der Waals surface area contributed by atoms with Crippen LogP contribution in [0.1, 0.15) is 21.6 Å². The number of thioether (sulfide) groups is 1. The summed E-state index contributed by atoms with van der Waals surface area (Å²) in [4.78, 5) is 20.0. The van der Waals surface area contributed by atoms with Crippen molar-refractivity contribution in [1.29, 1.82) is 0 Å². The van der Waals surface area contributed by atoms with Gasteiger partial charge in [-0.2, -0.15) is 0 Å². The van der Waals surface area contributed by atoms with E-state index in [1.807, 2.05) is 60.4 Å². The Bertz CT molecular complexity index is 916. The number of methoxy groups -OCH3 is 1. The topological polar surface area (TPSA) is 42.4 Å². The van der Waals surface area contributed by atoms with Crippen molar-refractivity contribution in [2.75, 3.05) is 14.2 Å². The minimum Gasteiger partial charge on any atom is -0.496 e. The SMILES string of the molecule is COc1ccc(Br)cc1CN(C)C(=O)c1ccccc1SCc1cscn1. The molecule has 0 aliphatic rings. The molecule has 140 valence electrons. The van der Waals surface area contributed by atoms with Gasteiger partial charge in [0, 0.05) is 39.7 Å². The van der Waals surface area contributed by atoms with Crippen molar-refractivity contribution >= 4 is 44.9 Å². The van der Waals surface area contributed by atoms with Crippen LogP contribution in [0.5, 0.6) is 5.75 Å². The summed E-state index contributed by atoms with van der Waals surface area (Å²) in [6.07, 6.45) is 0. The molecular weight excluding hydrogens is 444 g/mol. The highest BCUT2D eigenvalue weighted by Crippen LogP contribution is 2.28. The first kappa shape index (κ1) is 19.9. The second kappa shape index (κ2) is 9.39. The third-order valence-electron chi connectivity index (χ3n) is 3.97. The first-order valence-electron chi connectivity index (χ1n) is 8.25. The zero-order chi connectivity index (χ0) is 19.2. The van der Waals surface area contributed by atoms with Crippen LogP contribution in [0.25, 0.3) is 0 Å². The van der Waals surface area contributed by atoms with Gasteiger partial charge in [0.15, 0.2) is 0 Å². The quantitative estimate of drug-likeness (QED) is 0.436. The number of ether oxygens (including phenoxy) is 1. The monoisotopic (exact) mass is 462 g/mol. The van der Waals surface area contributed by atoms with Gasteiger partial charge in [0.1, 0.15) is 5.75 Å². The number of aromatic nitrogens is 1. The lowest BCUT2D eigenvalue weighted by Gasteiger charge is -2.20. The molecule has 27 heavy (non-hydrogen) atoms. The average Bonchev–Trinajstić information content (AvgIpc) is 3.20. The Morgan fingerprint density at radius 2 is 2.11 bits per heavy atom. The predicted molar refractivity (Wildman–Crippen MR) is 115 cm³/mol. The molecule has 7 heteroatoms. The maximum absolute atomic E-state index is 13.1. The number of hydrogen-bond acceptors (Lipinski definition) is 5. The van der Waals surface area contributed by atoms with Crippen LogP contribution in [-0.4, -0.2) is 29.9 Å². The van der Waals surface area contributed by atoms with Gasteiger partial charge in [0.05, 0.1) is 23.9 Å². The maximum Gasteiger partial charge on any atom is 0.255 e. The van der Waals surface area contributed by atoms with Gasteiger partial charge in [-0.1, -0.05) is 28.1 Å². The molecule has 0 bridgehead atoms. The van der Waals surface area contributed by atoms with E-state index in [4.69, 9.17) is 4.74 Å². The second-order valence-corrected chi connectivity index (χ2v) is 8.53. The number of benzene rings is 2. The number of amides is 1. The molecule has 3 rings (SSSR count). The average molecular weight is 463 g/mol. The molecule has 0 saturated carbocycles. The number of nitrogens with zero attached hydrogens (tertiary/aromatic N) is 2. The fraction of sp³-hybridized carbons (Fsp3) is 0.200. The van der Waals surface area contributed by atoms with Crippen molar-refractivity contribution in [1.82, 2.24) is 9.88 Å². The largest absolute Gasteiger partial charge is 0.496 e. The highest BCUT2D eigenvalue weighted by molar-refractivity contribution is 9.10. The molecule has 0 unspecified atom stereocenters. The maximum atomic E-state index is 13.1. The second-order valence-electron chi connectivity index (χ2n) is 5.88. The van der Waals surface area contributed by atoms with Gasteiger partial charge in [0.25, 0.3) is 5.91 Å². The summed E-state index contributed by atoms with van der Waals surface area (Å²) in [5, 5.41) is 2.03. The highest BCUT2D eigenvalue weighted by atomic mass is 79.9. The van der Waals surface area contributed by atoms with Gasteiger partial charge in [-0.25, -0.2) is 4.98 Å². The van der Waals surface area contributed by atoms with E-state index >= 15 is 0 Å². The van der Waals surface area contributed by atoms with Gasteiger partial charge in [0.2, 0.25) is 0 Å². The van der Waals surface area contributed by atoms with E-state index in [0.717, 1.165) is 32.1 Å². The molecule has 0 spiro atoms. The van der Waals surface area contributed by atoms with Crippen LogP contribution in [0, 0.1) is 0 Å². The van der Waals surface area contributed by atoms with Crippen LogP contribution in [0.3, 0.4) is 0 Å². The van der Waals surface area contributed by atoms with Crippen LogP contribution in [0.15, 0.2) is 62.7 Å². The standard InChI is InChI=1S/C20H19BrN2O2S2/c1-23(10-14-9-15(21)7-8-18(14)25-2)20(24)17-5-3-4-6-19(17)27-12-16-11-26-13-22-16/h3-9,11,13H,10,12H2,1-2H3. The molecule has 1 aromatic heterocycles. The van der Waals surface area contributed by atoms with Crippen LogP contribution >= 0.6 is 39.0 Å². The van der Waals surface area contributed by atoms with Crippen molar-refractivity contribution in [3.8, 4) is 5.75 Å². The third-order valence-corrected chi connectivity index (χ3v) is 6.21. The number of halogens is 1. The van der Waals surface area contributed by atoms with Crippen molar-refractivity contribution in [2.24, 2.45) is 0 Å². The molecule has 2 aromatic carbocycles. The van der Waals surface area contributed by atoms with Gasteiger partial charge < -0.3 is 9.64 Å². The number of rotatable bonds is 7. The normalized spacial score (nSPS) is 10.6. The van der Waals surface area contributed by atoms with E-state index in [2.05, 4.69) is 20.9 Å². The molecular formula is C20H19BrN2O2S2. The first-order valence-corrected chi connectivity index (χ1v) is 11.0. The van der Waals surface area contributed by atoms with Crippen LogP contribution in [0.4, 0.5) is 0 Å². The molecule has 0 radical (unpaired) electrons. The summed E-state index contributed by atoms with van der Waals surface area (Å²) in [6.45, 7) is 0.465. The molecule has 1 heterocycles. The van der Waals surface area contributed by atoms with E-state index in [-0.39, 0.29) is 5.91 Å². The van der Waals surface area contributed by atoms with Crippen LogP contribution < -0.4 is 4.74 Å². The summed E-state index contributed by atoms with van der Waals surface area (Å²) in [5.41, 5.74) is 4.51. The molecule has 0 aliphatic heterocycles. The summed E-state index contributed by atoms with van der Waals surface area (Å²) in [7, 11) is 3.45. The zero-order valence-electron chi connectivity index (χ0n) is 15.0. The van der Waals surface area contributed by atoms with E-state index in [1.54, 1.807) is 35.1 Å². The Morgan fingerprint density at radius 3 is 2.85 bits per heavy atom. The minimum atomic E-state index is -0.0154. The van der Waals surface area contributed by atoms with E-state index in [9.17, 15) is 4.79 Å². The molecule has 1 amide bonds. The summed E-state index contributed by atoms with van der Waals surface area (Å²) in [6, 6.07) is 13.5. The minimum absolute atomic E-state index is 0.0154. The fourth-order valence-corrected chi connectivity index (χ4v) is 4.65. The van der Waals surface area contributed by atoms with E-state index in [1.165, 1.54) is 0 Å². The highest BCUT2D eigenvalue weighted by Gasteiger charge is 2.18. The van der Waals surface area contributed by atoms with Gasteiger partial charge in [-0.05, 0) is 30.3 Å². The van der Waals surface area contributed by atoms with Gasteiger partial charge in [-0.15, -0.1) is 23.1 Å². The predicted octanol–water partition coefficient (Wildman–Crippen LogP) is 5.48. The Balaban J connectivity index is 1.76. The zero-order valence-corrected chi connectivity index (χ0v) is 18.2. The van der Waals surface area contributed by atoms with Crippen molar-refractivity contribution in [2.45, 2.75) is 17.2 Å². The van der Waals surface area contributed by atoms with Crippen molar-refractivity contribution < 1.29 is 9.53 Å². The molecule has 0 saturated heterocycles. The molecule has 0 N–H and O–H groups in total. The molecule has 0 fully saturated rings. The van der Waals surface area contributed by atoms with Gasteiger partial charge >= 0.3 is 0 Å². The van der Waals surface area contributed by atoms with Crippen LogP contribution in [-0.2, 0) is 12.3 Å². The number of thiazole rings is 1. The number of carbonyl (C=O) groups excluding carboxylic acids is 1. The lowest BCUT2D eigenvalue weighted by Crippen LogP contribution is -2.27. The first-order chi connectivity index (χ1) is 13.1.